The van der Waals surface area contributed by atoms with E-state index in [2.05, 4.69) is 5.32 Å². The number of hydrogen-bond donors (Lipinski definition) is 1. The van der Waals surface area contributed by atoms with E-state index in [9.17, 15) is 9.59 Å². The Morgan fingerprint density at radius 3 is 2.76 bits per heavy atom. The standard InChI is InChI=1S/C22H24N2O4S/c1-13-21(25)23-17-11-14(6-9-20(17)29-13)22(26)24-10-4-5-18(24)16-8-7-15(27-2)12-19(16)28-3/h6-9,11-13,18H,4-5,10H2,1-3H3,(H,23,25)/t13-,18-/m0/s1. The molecule has 29 heavy (non-hydrogen) atoms. The van der Waals surface area contributed by atoms with E-state index in [0.29, 0.717) is 17.8 Å². The van der Waals surface area contributed by atoms with Gasteiger partial charge in [0, 0.05) is 28.6 Å². The number of likely N-dealkylation sites (tertiary alicyclic amines) is 1. The first-order chi connectivity index (χ1) is 14.0. The number of ether oxygens (including phenoxy) is 2. The van der Waals surface area contributed by atoms with Gasteiger partial charge >= 0.3 is 0 Å². The Balaban J connectivity index is 1.62. The molecule has 2 aliphatic rings. The number of benzene rings is 2. The monoisotopic (exact) mass is 412 g/mol. The number of carbonyl (C=O) groups excluding carboxylic acids is 2. The summed E-state index contributed by atoms with van der Waals surface area (Å²) in [4.78, 5) is 28.2. The molecule has 1 fully saturated rings. The van der Waals surface area contributed by atoms with Crippen LogP contribution in [0.1, 0.15) is 41.7 Å². The van der Waals surface area contributed by atoms with E-state index in [4.69, 9.17) is 9.47 Å². The van der Waals surface area contributed by atoms with Crippen LogP contribution in [0.5, 0.6) is 11.5 Å². The molecule has 0 aliphatic carbocycles. The van der Waals surface area contributed by atoms with Crippen LogP contribution in [0.15, 0.2) is 41.3 Å². The number of hydrogen-bond acceptors (Lipinski definition) is 5. The van der Waals surface area contributed by atoms with Crippen molar-refractivity contribution in [2.75, 3.05) is 26.1 Å². The average molecular weight is 413 g/mol. The zero-order valence-electron chi connectivity index (χ0n) is 16.7. The normalized spacial score (nSPS) is 20.8. The second-order valence-electron chi connectivity index (χ2n) is 7.22. The summed E-state index contributed by atoms with van der Waals surface area (Å²) in [5.41, 5.74) is 2.27. The number of methoxy groups -OCH3 is 2. The predicted octanol–water partition coefficient (Wildman–Crippen LogP) is 4.11. The molecule has 0 saturated carbocycles. The molecule has 2 heterocycles. The summed E-state index contributed by atoms with van der Waals surface area (Å²) in [6.45, 7) is 2.56. The van der Waals surface area contributed by atoms with Gasteiger partial charge in [0.05, 0.1) is 31.2 Å². The topological polar surface area (TPSA) is 67.9 Å². The van der Waals surface area contributed by atoms with Gasteiger partial charge in [0.25, 0.3) is 5.91 Å². The molecular weight excluding hydrogens is 388 g/mol. The Kier molecular flexibility index (Phi) is 5.41. The van der Waals surface area contributed by atoms with Crippen molar-refractivity contribution in [2.45, 2.75) is 36.0 Å². The minimum absolute atomic E-state index is 0.0332. The fourth-order valence-electron chi connectivity index (χ4n) is 3.93. The number of nitrogens with one attached hydrogen (secondary N) is 1. The highest BCUT2D eigenvalue weighted by Gasteiger charge is 2.33. The van der Waals surface area contributed by atoms with Gasteiger partial charge in [0.15, 0.2) is 0 Å². The van der Waals surface area contributed by atoms with Gasteiger partial charge in [-0.3, -0.25) is 9.59 Å². The highest BCUT2D eigenvalue weighted by atomic mass is 32.2. The van der Waals surface area contributed by atoms with E-state index in [1.165, 1.54) is 11.8 Å². The number of fused-ring (bicyclic) bond motifs is 1. The highest BCUT2D eigenvalue weighted by Crippen LogP contribution is 2.40. The maximum Gasteiger partial charge on any atom is 0.254 e. The van der Waals surface area contributed by atoms with Gasteiger partial charge in [-0.1, -0.05) is 0 Å². The summed E-state index contributed by atoms with van der Waals surface area (Å²) in [6.07, 6.45) is 1.81. The third-order valence-electron chi connectivity index (χ3n) is 5.47. The Bertz CT molecular complexity index is 962. The fraction of sp³-hybridized carbons (Fsp3) is 0.364. The van der Waals surface area contributed by atoms with Crippen LogP contribution in [0, 0.1) is 0 Å². The summed E-state index contributed by atoms with van der Waals surface area (Å²) in [5, 5.41) is 2.77. The molecular formula is C22H24N2O4S. The first-order valence-electron chi connectivity index (χ1n) is 9.66. The predicted molar refractivity (Wildman–Crippen MR) is 113 cm³/mol. The van der Waals surface area contributed by atoms with E-state index >= 15 is 0 Å². The number of carbonyl (C=O) groups is 2. The molecule has 2 aromatic carbocycles. The van der Waals surface area contributed by atoms with Crippen molar-refractivity contribution in [2.24, 2.45) is 0 Å². The van der Waals surface area contributed by atoms with Crippen molar-refractivity contribution in [1.29, 1.82) is 0 Å². The van der Waals surface area contributed by atoms with Crippen LogP contribution in [0.3, 0.4) is 0 Å². The lowest BCUT2D eigenvalue weighted by atomic mass is 10.0. The zero-order chi connectivity index (χ0) is 20.5. The number of rotatable bonds is 4. The molecule has 0 unspecified atom stereocenters. The van der Waals surface area contributed by atoms with Crippen LogP contribution in [0.2, 0.25) is 0 Å². The summed E-state index contributed by atoms with van der Waals surface area (Å²) in [7, 11) is 3.25. The molecule has 0 spiro atoms. The molecule has 2 atom stereocenters. The SMILES string of the molecule is COc1ccc([C@@H]2CCCN2C(=O)c2ccc3c(c2)NC(=O)[C@H](C)S3)c(OC)c1. The van der Waals surface area contributed by atoms with Crippen molar-refractivity contribution in [1.82, 2.24) is 4.90 Å². The van der Waals surface area contributed by atoms with Crippen LogP contribution in [-0.4, -0.2) is 42.7 Å². The van der Waals surface area contributed by atoms with E-state index in [0.717, 1.165) is 34.8 Å². The molecule has 2 aromatic rings. The smallest absolute Gasteiger partial charge is 0.254 e. The van der Waals surface area contributed by atoms with Crippen molar-refractivity contribution >= 4 is 29.3 Å². The molecule has 1 N–H and O–H groups in total. The number of thioether (sulfide) groups is 1. The van der Waals surface area contributed by atoms with E-state index in [1.807, 2.05) is 42.2 Å². The van der Waals surface area contributed by atoms with Crippen molar-refractivity contribution < 1.29 is 19.1 Å². The van der Waals surface area contributed by atoms with Crippen molar-refractivity contribution in [3.05, 3.63) is 47.5 Å². The van der Waals surface area contributed by atoms with Crippen LogP contribution >= 0.6 is 11.8 Å². The minimum atomic E-state index is -0.130. The first-order valence-corrected chi connectivity index (χ1v) is 10.5. The molecule has 2 amide bonds. The molecule has 6 nitrogen and oxygen atoms in total. The lowest BCUT2D eigenvalue weighted by Gasteiger charge is -2.27. The van der Waals surface area contributed by atoms with Gasteiger partial charge < -0.3 is 19.7 Å². The van der Waals surface area contributed by atoms with E-state index < -0.39 is 0 Å². The molecule has 2 aliphatic heterocycles. The lowest BCUT2D eigenvalue weighted by molar-refractivity contribution is -0.115. The summed E-state index contributed by atoms with van der Waals surface area (Å²) in [6, 6.07) is 11.2. The Morgan fingerprint density at radius 1 is 1.17 bits per heavy atom. The van der Waals surface area contributed by atoms with Gasteiger partial charge in [-0.15, -0.1) is 11.8 Å². The first kappa shape index (κ1) is 19.6. The summed E-state index contributed by atoms with van der Waals surface area (Å²) in [5.74, 6) is 1.37. The van der Waals surface area contributed by atoms with Crippen LogP contribution in [0.25, 0.3) is 0 Å². The molecule has 7 heteroatoms. The van der Waals surface area contributed by atoms with Gasteiger partial charge in [-0.2, -0.15) is 0 Å². The molecule has 1 saturated heterocycles. The summed E-state index contributed by atoms with van der Waals surface area (Å²) >= 11 is 1.51. The van der Waals surface area contributed by atoms with Crippen molar-refractivity contribution in [3.63, 3.8) is 0 Å². The average Bonchev–Trinajstić information content (AvgIpc) is 3.22. The molecule has 4 rings (SSSR count). The third-order valence-corrected chi connectivity index (χ3v) is 6.65. The largest absolute Gasteiger partial charge is 0.497 e. The van der Waals surface area contributed by atoms with Crippen LogP contribution in [0.4, 0.5) is 5.69 Å². The maximum atomic E-state index is 13.3. The number of amides is 2. The molecule has 0 bridgehead atoms. The van der Waals surface area contributed by atoms with Gasteiger partial charge in [0.2, 0.25) is 5.91 Å². The quantitative estimate of drug-likeness (QED) is 0.818. The Morgan fingerprint density at radius 2 is 2.00 bits per heavy atom. The minimum Gasteiger partial charge on any atom is -0.497 e. The molecule has 152 valence electrons. The number of nitrogens with zero attached hydrogens (tertiary/aromatic N) is 1. The van der Waals surface area contributed by atoms with Crippen molar-refractivity contribution in [3.8, 4) is 11.5 Å². The Hall–Kier alpha value is -2.67. The molecule has 0 radical (unpaired) electrons. The van der Waals surface area contributed by atoms with Gasteiger partial charge in [0.1, 0.15) is 11.5 Å². The van der Waals surface area contributed by atoms with E-state index in [1.54, 1.807) is 20.3 Å². The second-order valence-corrected chi connectivity index (χ2v) is 8.61. The van der Waals surface area contributed by atoms with Gasteiger partial charge in [-0.05, 0) is 50.1 Å². The van der Waals surface area contributed by atoms with Crippen LogP contribution in [-0.2, 0) is 4.79 Å². The Labute approximate surface area is 174 Å². The highest BCUT2D eigenvalue weighted by molar-refractivity contribution is 8.00. The lowest BCUT2D eigenvalue weighted by Crippen LogP contribution is -2.31. The summed E-state index contributed by atoms with van der Waals surface area (Å²) < 4.78 is 10.9. The zero-order valence-corrected chi connectivity index (χ0v) is 17.5. The third kappa shape index (κ3) is 3.67. The fourth-order valence-corrected chi connectivity index (χ4v) is 4.86. The van der Waals surface area contributed by atoms with Gasteiger partial charge in [-0.25, -0.2) is 0 Å². The van der Waals surface area contributed by atoms with Crippen LogP contribution < -0.4 is 14.8 Å². The number of anilines is 1. The molecule has 0 aromatic heterocycles. The van der Waals surface area contributed by atoms with E-state index in [-0.39, 0.29) is 23.1 Å². The maximum absolute atomic E-state index is 13.3. The second kappa shape index (κ2) is 7.99.